The van der Waals surface area contributed by atoms with Gasteiger partial charge < -0.3 is 0 Å². The molecule has 0 aliphatic carbocycles. The molecule has 0 aromatic heterocycles. The summed E-state index contributed by atoms with van der Waals surface area (Å²) < 4.78 is 0. The quantitative estimate of drug-likeness (QED) is 0.392. The van der Waals surface area contributed by atoms with Crippen molar-refractivity contribution in [3.8, 4) is 0 Å². The van der Waals surface area contributed by atoms with Gasteiger partial charge in [-0.2, -0.15) is 0 Å². The molecule has 0 rings (SSSR count). The summed E-state index contributed by atoms with van der Waals surface area (Å²) in [6.45, 7) is 2.00. The Morgan fingerprint density at radius 3 is 2.20 bits per heavy atom. The molecular weight excluding hydrogens is 76.1 g/mol. The van der Waals surface area contributed by atoms with Crippen LogP contribution in [0.25, 0.3) is 0 Å². The van der Waals surface area contributed by atoms with Crippen LogP contribution in [0.4, 0.5) is 0 Å². The van der Waals surface area contributed by atoms with Gasteiger partial charge in [0.1, 0.15) is 0 Å². The molecule has 5 heavy (non-hydrogen) atoms. The van der Waals surface area contributed by atoms with Crippen molar-refractivity contribution >= 4 is 15.5 Å². The minimum atomic E-state index is 1.84. The van der Waals surface area contributed by atoms with Gasteiger partial charge in [-0.05, 0) is 16.8 Å². The van der Waals surface area contributed by atoms with Crippen LogP contribution in [0.2, 0.25) is 0 Å². The molecular formula is C4H8Si. The molecule has 0 amide bonds. The first kappa shape index (κ1) is 4.83. The lowest BCUT2D eigenvalue weighted by molar-refractivity contribution is 1.78. The van der Waals surface area contributed by atoms with Crippen molar-refractivity contribution in [2.24, 2.45) is 0 Å². The van der Waals surface area contributed by atoms with Crippen molar-refractivity contribution in [1.29, 1.82) is 0 Å². The zero-order chi connectivity index (χ0) is 4.12. The third-order valence-corrected chi connectivity index (χ3v) is 0.601. The standard InChI is InChI=1S/C4H8Si/c1-2-3-4-5/h2-4H,5H2,1H3. The predicted octanol–water partition coefficient (Wildman–Crippen LogP) is -0.00220. The average Bonchev–Trinajstić information content (AvgIpc) is 1.41. The highest BCUT2D eigenvalue weighted by Crippen LogP contribution is 1.54. The topological polar surface area (TPSA) is 0 Å². The highest BCUT2D eigenvalue weighted by molar-refractivity contribution is 6.30. The van der Waals surface area contributed by atoms with E-state index in [4.69, 9.17) is 0 Å². The molecule has 0 bridgehead atoms. The van der Waals surface area contributed by atoms with Crippen LogP contribution in [0.1, 0.15) is 6.92 Å². The van der Waals surface area contributed by atoms with Crippen LogP contribution in [-0.4, -0.2) is 15.5 Å². The predicted molar refractivity (Wildman–Crippen MR) is 29.4 cm³/mol. The molecule has 0 unspecified atom stereocenters. The largest absolute Gasteiger partial charge is 0.0887 e. The van der Waals surface area contributed by atoms with E-state index in [0.717, 1.165) is 0 Å². The fraction of sp³-hybridized carbons (Fsp3) is 0.250. The fourth-order valence-corrected chi connectivity index (χ4v) is 0.408. The van der Waals surface area contributed by atoms with Gasteiger partial charge in [0.15, 0.2) is 0 Å². The molecule has 0 nitrogen and oxygen atoms in total. The smallest absolute Gasteiger partial charge is 0.0236 e. The van der Waals surface area contributed by atoms with Crippen LogP contribution in [0.5, 0.6) is 0 Å². The first-order valence-corrected chi connectivity index (χ1v) is 2.47. The van der Waals surface area contributed by atoms with E-state index >= 15 is 0 Å². The second-order valence-electron chi connectivity index (χ2n) is 0.761. The minimum Gasteiger partial charge on any atom is -0.0887 e. The highest BCUT2D eigenvalue weighted by Gasteiger charge is 1.41. The van der Waals surface area contributed by atoms with E-state index in [-0.39, 0.29) is 0 Å². The van der Waals surface area contributed by atoms with E-state index in [1.54, 1.807) is 0 Å². The molecule has 0 aromatic carbocycles. The molecule has 0 heterocycles. The van der Waals surface area contributed by atoms with Crippen LogP contribution in [0.3, 0.4) is 0 Å². The Kier molecular flexibility index (Phi) is 3.69. The van der Waals surface area contributed by atoms with Gasteiger partial charge in [-0.3, -0.25) is 0 Å². The molecule has 0 saturated heterocycles. The first-order chi connectivity index (χ1) is 2.41. The minimum absolute atomic E-state index is 1.84. The van der Waals surface area contributed by atoms with Crippen molar-refractivity contribution in [3.63, 3.8) is 0 Å². The van der Waals surface area contributed by atoms with Crippen molar-refractivity contribution in [1.82, 2.24) is 0 Å². The molecule has 0 aromatic rings. The van der Waals surface area contributed by atoms with E-state index in [1.807, 2.05) is 34.6 Å². The molecule has 0 N–H and O–H groups in total. The van der Waals surface area contributed by atoms with Crippen molar-refractivity contribution in [2.45, 2.75) is 6.92 Å². The zero-order valence-electron chi connectivity index (χ0n) is 3.44. The molecule has 0 atom stereocenters. The Labute approximate surface area is 35.6 Å². The summed E-state index contributed by atoms with van der Waals surface area (Å²) in [5.41, 5.74) is 2.03. The first-order valence-electron chi connectivity index (χ1n) is 1.65. The van der Waals surface area contributed by atoms with Gasteiger partial charge in [-0.1, -0.05) is 17.8 Å². The highest BCUT2D eigenvalue weighted by atomic mass is 28.1. The lowest BCUT2D eigenvalue weighted by Crippen LogP contribution is -1.53. The lowest BCUT2D eigenvalue weighted by atomic mass is 10.6. The Morgan fingerprint density at radius 2 is 2.20 bits per heavy atom. The summed E-state index contributed by atoms with van der Waals surface area (Å²) in [6.07, 6.45) is 4.02. The zero-order valence-corrected chi connectivity index (χ0v) is 4.85. The summed E-state index contributed by atoms with van der Waals surface area (Å²) in [6, 6.07) is 0. The van der Waals surface area contributed by atoms with Crippen LogP contribution in [0.15, 0.2) is 12.2 Å². The van der Waals surface area contributed by atoms with Gasteiger partial charge in [-0.15, -0.1) is 0 Å². The van der Waals surface area contributed by atoms with E-state index in [0.29, 0.717) is 0 Å². The maximum Gasteiger partial charge on any atom is -0.0236 e. The third kappa shape index (κ3) is 3.83. The van der Waals surface area contributed by atoms with Gasteiger partial charge in [0.2, 0.25) is 0 Å². The summed E-state index contributed by atoms with van der Waals surface area (Å²) in [5, 5.41) is 0. The monoisotopic (exact) mass is 84.0 g/mol. The maximum atomic E-state index is 2.03. The Hall–Kier alpha value is -0.173. The van der Waals surface area contributed by atoms with E-state index in [9.17, 15) is 0 Å². The molecule has 0 spiro atoms. The average molecular weight is 84.2 g/mol. The summed E-state index contributed by atoms with van der Waals surface area (Å²) in [7, 11) is 1.84. The number of hydrogen-bond donors (Lipinski definition) is 0. The van der Waals surface area contributed by atoms with Gasteiger partial charge >= 0.3 is 0 Å². The van der Waals surface area contributed by atoms with Gasteiger partial charge in [0, 0.05) is 0 Å². The molecule has 1 heteroatoms. The van der Waals surface area contributed by atoms with Crippen molar-refractivity contribution < 1.29 is 0 Å². The van der Waals surface area contributed by atoms with Gasteiger partial charge in [0.05, 0.1) is 0 Å². The van der Waals surface area contributed by atoms with Crippen LogP contribution in [-0.2, 0) is 0 Å². The molecule has 0 fully saturated rings. The van der Waals surface area contributed by atoms with Crippen molar-refractivity contribution in [2.75, 3.05) is 0 Å². The van der Waals surface area contributed by atoms with E-state index in [2.05, 4.69) is 0 Å². The Balaban J connectivity index is 2.92. The van der Waals surface area contributed by atoms with Gasteiger partial charge in [0.25, 0.3) is 0 Å². The van der Waals surface area contributed by atoms with Crippen LogP contribution in [0, 0.1) is 0 Å². The molecule has 0 saturated carbocycles. The normalized spacial score (nSPS) is 9.00. The Morgan fingerprint density at radius 1 is 1.60 bits per heavy atom. The van der Waals surface area contributed by atoms with Crippen LogP contribution >= 0.6 is 0 Å². The lowest BCUT2D eigenvalue weighted by Gasteiger charge is -1.56. The molecule has 0 aliphatic rings. The summed E-state index contributed by atoms with van der Waals surface area (Å²) in [4.78, 5) is 0. The third-order valence-electron chi connectivity index (χ3n) is 0.329. The summed E-state index contributed by atoms with van der Waals surface area (Å²) >= 11 is 0. The second-order valence-corrected chi connectivity index (χ2v) is 1.23. The van der Waals surface area contributed by atoms with Crippen LogP contribution < -0.4 is 0 Å². The number of allylic oxidation sites excluding steroid dienone is 2. The number of hydrogen-bond acceptors (Lipinski definition) is 0. The van der Waals surface area contributed by atoms with E-state index in [1.165, 1.54) is 0 Å². The maximum absolute atomic E-state index is 2.03. The van der Waals surface area contributed by atoms with Gasteiger partial charge in [-0.25, -0.2) is 0 Å². The van der Waals surface area contributed by atoms with Crippen molar-refractivity contribution in [3.05, 3.63) is 12.2 Å². The van der Waals surface area contributed by atoms with E-state index < -0.39 is 0 Å². The fourth-order valence-electron chi connectivity index (χ4n) is 0.136. The summed E-state index contributed by atoms with van der Waals surface area (Å²) in [5.74, 6) is 0. The molecule has 28 valence electrons. The molecule has 0 radical (unpaired) electrons. The molecule has 0 aliphatic heterocycles. The SMILES string of the molecule is CC=CC=[SiH2]. The Bertz CT molecular complexity index is 45.6. The second kappa shape index (κ2) is 3.83. The number of rotatable bonds is 1.